The molecule has 1 saturated carbocycles. The van der Waals surface area contributed by atoms with Crippen molar-refractivity contribution in [2.75, 3.05) is 5.32 Å². The first-order valence-corrected chi connectivity index (χ1v) is 6.69. The summed E-state index contributed by atoms with van der Waals surface area (Å²) < 4.78 is 6.45. The number of nitrogens with zero attached hydrogens (tertiary/aromatic N) is 1. The molecule has 1 amide bonds. The van der Waals surface area contributed by atoms with E-state index < -0.39 is 11.3 Å². The monoisotopic (exact) mass is 311 g/mol. The maximum atomic E-state index is 12.2. The third-order valence-electron chi connectivity index (χ3n) is 4.00. The molecule has 1 fully saturated rings. The largest absolute Gasteiger partial charge is 0.419 e. The van der Waals surface area contributed by atoms with Crippen LogP contribution in [0.1, 0.15) is 25.7 Å². The highest BCUT2D eigenvalue weighted by Gasteiger charge is 2.36. The fourth-order valence-corrected chi connectivity index (χ4v) is 2.69. The Kier molecular flexibility index (Phi) is 4.11. The number of aromatic nitrogens is 1. The van der Waals surface area contributed by atoms with Crippen LogP contribution in [-0.4, -0.2) is 16.0 Å². The lowest BCUT2D eigenvalue weighted by molar-refractivity contribution is -0.121. The number of nitrogens with one attached hydrogen (secondary N) is 1. The highest BCUT2D eigenvalue weighted by atomic mass is 35.5. The van der Waals surface area contributed by atoms with Crippen molar-refractivity contribution in [2.24, 2.45) is 12.8 Å². The second-order valence-corrected chi connectivity index (χ2v) is 5.43. The minimum absolute atomic E-state index is 0. The van der Waals surface area contributed by atoms with Crippen molar-refractivity contribution in [3.8, 4) is 0 Å². The molecule has 21 heavy (non-hydrogen) atoms. The van der Waals surface area contributed by atoms with E-state index >= 15 is 0 Å². The molecule has 0 saturated heterocycles. The minimum Gasteiger partial charge on any atom is -0.408 e. The molecular formula is C14H18ClN3O3. The maximum absolute atomic E-state index is 12.2. The second kappa shape index (κ2) is 5.54. The van der Waals surface area contributed by atoms with Crippen LogP contribution in [0.4, 0.5) is 5.69 Å². The Labute approximate surface area is 127 Å². The molecule has 3 rings (SSSR count). The predicted molar refractivity (Wildman–Crippen MR) is 82.7 cm³/mol. The quantitative estimate of drug-likeness (QED) is 0.884. The molecule has 0 bridgehead atoms. The van der Waals surface area contributed by atoms with Crippen LogP contribution in [0.5, 0.6) is 0 Å². The normalized spacial score (nSPS) is 16.7. The Morgan fingerprint density at radius 3 is 2.71 bits per heavy atom. The SMILES string of the molecule is Cl.Cn1c(=O)oc2ccc(NC(=O)C3(N)CCCC3)cc21. The molecular weight excluding hydrogens is 294 g/mol. The Morgan fingerprint density at radius 2 is 2.05 bits per heavy atom. The van der Waals surface area contributed by atoms with E-state index in [0.717, 1.165) is 12.8 Å². The summed E-state index contributed by atoms with van der Waals surface area (Å²) in [5.74, 6) is -0.586. The van der Waals surface area contributed by atoms with Gasteiger partial charge in [-0.05, 0) is 31.0 Å². The molecule has 2 aromatic rings. The van der Waals surface area contributed by atoms with Gasteiger partial charge in [0.1, 0.15) is 0 Å². The fraction of sp³-hybridized carbons (Fsp3) is 0.429. The van der Waals surface area contributed by atoms with Gasteiger partial charge in [-0.1, -0.05) is 12.8 Å². The molecule has 1 aromatic heterocycles. The number of hydrogen-bond donors (Lipinski definition) is 2. The molecule has 7 heteroatoms. The molecule has 1 aliphatic rings. The molecule has 0 unspecified atom stereocenters. The zero-order chi connectivity index (χ0) is 14.3. The third kappa shape index (κ3) is 2.69. The van der Waals surface area contributed by atoms with Gasteiger partial charge >= 0.3 is 5.76 Å². The van der Waals surface area contributed by atoms with Crippen LogP contribution in [-0.2, 0) is 11.8 Å². The van der Waals surface area contributed by atoms with Crippen molar-refractivity contribution in [3.63, 3.8) is 0 Å². The van der Waals surface area contributed by atoms with Crippen molar-refractivity contribution >= 4 is 35.1 Å². The number of carbonyl (C=O) groups excluding carboxylic acids is 1. The number of hydrogen-bond acceptors (Lipinski definition) is 4. The number of anilines is 1. The van der Waals surface area contributed by atoms with E-state index in [4.69, 9.17) is 10.2 Å². The summed E-state index contributed by atoms with van der Waals surface area (Å²) in [6.45, 7) is 0. The first-order chi connectivity index (χ1) is 9.49. The van der Waals surface area contributed by atoms with E-state index in [0.29, 0.717) is 29.6 Å². The highest BCUT2D eigenvalue weighted by molar-refractivity contribution is 5.99. The number of aryl methyl sites for hydroxylation is 1. The first-order valence-electron chi connectivity index (χ1n) is 6.69. The molecule has 1 aliphatic carbocycles. The average Bonchev–Trinajstić information content (AvgIpc) is 2.97. The molecule has 0 aliphatic heterocycles. The van der Waals surface area contributed by atoms with Crippen LogP contribution in [0, 0.1) is 0 Å². The number of halogens is 1. The predicted octanol–water partition coefficient (Wildman–Crippen LogP) is 1.76. The van der Waals surface area contributed by atoms with Gasteiger partial charge in [0.2, 0.25) is 5.91 Å². The van der Waals surface area contributed by atoms with Crippen LogP contribution < -0.4 is 16.8 Å². The van der Waals surface area contributed by atoms with Crippen LogP contribution in [0.2, 0.25) is 0 Å². The van der Waals surface area contributed by atoms with Crippen LogP contribution in [0.15, 0.2) is 27.4 Å². The Morgan fingerprint density at radius 1 is 1.38 bits per heavy atom. The molecule has 0 radical (unpaired) electrons. The van der Waals surface area contributed by atoms with Crippen molar-refractivity contribution in [3.05, 3.63) is 28.7 Å². The molecule has 3 N–H and O–H groups in total. The first kappa shape index (κ1) is 15.6. The van der Waals surface area contributed by atoms with Gasteiger partial charge in [-0.25, -0.2) is 4.79 Å². The lowest BCUT2D eigenvalue weighted by Crippen LogP contribution is -2.48. The summed E-state index contributed by atoms with van der Waals surface area (Å²) in [5.41, 5.74) is 7.11. The topological polar surface area (TPSA) is 90.3 Å². The molecule has 114 valence electrons. The molecule has 1 aromatic carbocycles. The van der Waals surface area contributed by atoms with Crippen LogP contribution in [0.3, 0.4) is 0 Å². The fourth-order valence-electron chi connectivity index (χ4n) is 2.69. The summed E-state index contributed by atoms with van der Waals surface area (Å²) in [4.78, 5) is 23.7. The smallest absolute Gasteiger partial charge is 0.408 e. The van der Waals surface area contributed by atoms with E-state index in [9.17, 15) is 9.59 Å². The molecule has 0 spiro atoms. The van der Waals surface area contributed by atoms with E-state index in [2.05, 4.69) is 5.32 Å². The van der Waals surface area contributed by atoms with E-state index in [-0.39, 0.29) is 18.3 Å². The zero-order valence-corrected chi connectivity index (χ0v) is 12.5. The number of nitrogens with two attached hydrogens (primary N) is 1. The minimum atomic E-state index is -0.767. The second-order valence-electron chi connectivity index (χ2n) is 5.43. The van der Waals surface area contributed by atoms with Gasteiger partial charge in [-0.2, -0.15) is 0 Å². The number of amides is 1. The van der Waals surface area contributed by atoms with Crippen molar-refractivity contribution < 1.29 is 9.21 Å². The summed E-state index contributed by atoms with van der Waals surface area (Å²) in [6, 6.07) is 5.10. The van der Waals surface area contributed by atoms with Gasteiger partial charge < -0.3 is 15.5 Å². The summed E-state index contributed by atoms with van der Waals surface area (Å²) in [6.07, 6.45) is 3.40. The van der Waals surface area contributed by atoms with Gasteiger partial charge in [0, 0.05) is 12.7 Å². The van der Waals surface area contributed by atoms with E-state index in [1.807, 2.05) is 0 Å². The Balaban J connectivity index is 0.00000161. The summed E-state index contributed by atoms with van der Waals surface area (Å²) in [5, 5.41) is 2.83. The van der Waals surface area contributed by atoms with Crippen molar-refractivity contribution in [1.82, 2.24) is 4.57 Å². The highest BCUT2D eigenvalue weighted by Crippen LogP contribution is 2.28. The molecule has 0 atom stereocenters. The number of carbonyl (C=O) groups is 1. The van der Waals surface area contributed by atoms with E-state index in [1.54, 1.807) is 25.2 Å². The summed E-state index contributed by atoms with van der Waals surface area (Å²) in [7, 11) is 1.63. The lowest BCUT2D eigenvalue weighted by atomic mass is 9.98. The average molecular weight is 312 g/mol. The Hall–Kier alpha value is -1.79. The van der Waals surface area contributed by atoms with Crippen molar-refractivity contribution in [2.45, 2.75) is 31.2 Å². The van der Waals surface area contributed by atoms with Gasteiger partial charge in [0.15, 0.2) is 5.58 Å². The van der Waals surface area contributed by atoms with Gasteiger partial charge in [-0.3, -0.25) is 9.36 Å². The summed E-state index contributed by atoms with van der Waals surface area (Å²) >= 11 is 0. The third-order valence-corrected chi connectivity index (χ3v) is 4.00. The van der Waals surface area contributed by atoms with Gasteiger partial charge in [0.25, 0.3) is 0 Å². The Bertz CT molecular complexity index is 729. The lowest BCUT2D eigenvalue weighted by Gasteiger charge is -2.22. The standard InChI is InChI=1S/C14H17N3O3.ClH/c1-17-10-8-9(4-5-11(10)20-13(17)19)16-12(18)14(15)6-2-3-7-14;/h4-5,8H,2-3,6-7,15H2,1H3,(H,16,18);1H. The van der Waals surface area contributed by atoms with Gasteiger partial charge in [0.05, 0.1) is 11.1 Å². The number of oxazole rings is 1. The molecule has 1 heterocycles. The number of benzene rings is 1. The maximum Gasteiger partial charge on any atom is 0.419 e. The van der Waals surface area contributed by atoms with Crippen LogP contribution >= 0.6 is 12.4 Å². The zero-order valence-electron chi connectivity index (χ0n) is 11.7. The number of fused-ring (bicyclic) bond motifs is 1. The number of rotatable bonds is 2. The van der Waals surface area contributed by atoms with Crippen LogP contribution in [0.25, 0.3) is 11.1 Å². The van der Waals surface area contributed by atoms with Gasteiger partial charge in [-0.15, -0.1) is 12.4 Å². The molecule has 6 nitrogen and oxygen atoms in total. The van der Waals surface area contributed by atoms with E-state index in [1.165, 1.54) is 4.57 Å². The van der Waals surface area contributed by atoms with Crippen molar-refractivity contribution in [1.29, 1.82) is 0 Å².